The third kappa shape index (κ3) is 3.68. The number of carbonyl (C=O) groups is 2. The van der Waals surface area contributed by atoms with E-state index in [1.165, 1.54) is 12.1 Å². The number of nitrogens with one attached hydrogen (secondary N) is 1. The van der Waals surface area contributed by atoms with Crippen molar-refractivity contribution < 1.29 is 18.7 Å². The molecule has 26 heavy (non-hydrogen) atoms. The number of rotatable bonds is 5. The Kier molecular flexibility index (Phi) is 5.19. The summed E-state index contributed by atoms with van der Waals surface area (Å²) < 4.78 is 18.8. The van der Waals surface area contributed by atoms with Gasteiger partial charge in [-0.05, 0) is 42.0 Å². The maximum Gasteiger partial charge on any atom is 0.265 e. The van der Waals surface area contributed by atoms with E-state index in [-0.39, 0.29) is 10.7 Å². The molecule has 6 heteroatoms. The van der Waals surface area contributed by atoms with Gasteiger partial charge in [-0.15, -0.1) is 0 Å². The zero-order chi connectivity index (χ0) is 18.7. The number of benzene rings is 3. The van der Waals surface area contributed by atoms with Crippen molar-refractivity contribution in [1.82, 2.24) is 0 Å². The molecule has 0 saturated heterocycles. The summed E-state index contributed by atoms with van der Waals surface area (Å²) in [5, 5.41) is 4.31. The summed E-state index contributed by atoms with van der Waals surface area (Å²) in [6.45, 7) is 1.55. The van der Waals surface area contributed by atoms with Crippen LogP contribution >= 0.6 is 11.6 Å². The van der Waals surface area contributed by atoms with Crippen LogP contribution in [0.2, 0.25) is 5.02 Å². The Morgan fingerprint density at radius 2 is 1.96 bits per heavy atom. The molecule has 0 heterocycles. The van der Waals surface area contributed by atoms with Gasteiger partial charge in [0, 0.05) is 0 Å². The van der Waals surface area contributed by atoms with E-state index in [9.17, 15) is 14.0 Å². The number of ether oxygens (including phenoxy) is 1. The van der Waals surface area contributed by atoms with Crippen molar-refractivity contribution in [2.24, 2.45) is 0 Å². The van der Waals surface area contributed by atoms with Crippen LogP contribution in [0.3, 0.4) is 0 Å². The molecule has 0 radical (unpaired) electrons. The summed E-state index contributed by atoms with van der Waals surface area (Å²) in [6, 6.07) is 14.5. The van der Waals surface area contributed by atoms with Crippen LogP contribution in [0.1, 0.15) is 17.3 Å². The number of fused-ring (bicyclic) bond motifs is 1. The molecule has 1 atom stereocenters. The predicted octanol–water partition coefficient (Wildman–Crippen LogP) is 4.85. The molecule has 0 aliphatic heterocycles. The first-order chi connectivity index (χ1) is 12.5. The van der Waals surface area contributed by atoms with Crippen LogP contribution in [0.5, 0.6) is 5.75 Å². The number of aldehydes is 1. The summed E-state index contributed by atoms with van der Waals surface area (Å²) >= 11 is 5.91. The van der Waals surface area contributed by atoms with Crippen LogP contribution in [0.4, 0.5) is 10.1 Å². The van der Waals surface area contributed by atoms with Gasteiger partial charge >= 0.3 is 0 Å². The molecule has 1 amide bonds. The highest BCUT2D eigenvalue weighted by Gasteiger charge is 2.18. The maximum atomic E-state index is 13.1. The molecule has 0 aromatic heterocycles. The first-order valence-electron chi connectivity index (χ1n) is 7.89. The average Bonchev–Trinajstić information content (AvgIpc) is 2.63. The maximum absolute atomic E-state index is 13.1. The van der Waals surface area contributed by atoms with E-state index in [4.69, 9.17) is 16.3 Å². The number of halogens is 2. The Morgan fingerprint density at radius 3 is 2.69 bits per heavy atom. The summed E-state index contributed by atoms with van der Waals surface area (Å²) in [5.41, 5.74) is 0.658. The van der Waals surface area contributed by atoms with E-state index in [0.29, 0.717) is 17.6 Å². The highest BCUT2D eigenvalue weighted by molar-refractivity contribution is 6.33. The van der Waals surface area contributed by atoms with E-state index in [1.54, 1.807) is 13.0 Å². The zero-order valence-electron chi connectivity index (χ0n) is 13.8. The molecule has 0 aliphatic carbocycles. The van der Waals surface area contributed by atoms with Crippen LogP contribution in [0.25, 0.3) is 10.8 Å². The van der Waals surface area contributed by atoms with Crippen molar-refractivity contribution in [3.63, 3.8) is 0 Å². The molecule has 1 N–H and O–H groups in total. The molecule has 0 bridgehead atoms. The van der Waals surface area contributed by atoms with Crippen LogP contribution < -0.4 is 10.1 Å². The largest absolute Gasteiger partial charge is 0.480 e. The molecular formula is C20H15ClFNO3. The second-order valence-electron chi connectivity index (χ2n) is 5.69. The van der Waals surface area contributed by atoms with E-state index >= 15 is 0 Å². The Hall–Kier alpha value is -2.92. The molecule has 0 aliphatic rings. The van der Waals surface area contributed by atoms with Crippen molar-refractivity contribution in [3.05, 3.63) is 71.0 Å². The number of anilines is 1. The summed E-state index contributed by atoms with van der Waals surface area (Å²) in [7, 11) is 0. The van der Waals surface area contributed by atoms with E-state index in [2.05, 4.69) is 5.32 Å². The molecule has 3 aromatic carbocycles. The quantitative estimate of drug-likeness (QED) is 0.652. The topological polar surface area (TPSA) is 55.4 Å². The first-order valence-corrected chi connectivity index (χ1v) is 8.27. The van der Waals surface area contributed by atoms with Gasteiger partial charge in [0.1, 0.15) is 11.6 Å². The van der Waals surface area contributed by atoms with Gasteiger partial charge in [-0.25, -0.2) is 4.39 Å². The average molecular weight is 372 g/mol. The normalized spacial score (nSPS) is 11.8. The Bertz CT molecular complexity index is 990. The fourth-order valence-corrected chi connectivity index (χ4v) is 2.78. The van der Waals surface area contributed by atoms with Crippen molar-refractivity contribution in [1.29, 1.82) is 0 Å². The minimum Gasteiger partial charge on any atom is -0.480 e. The third-order valence-corrected chi connectivity index (χ3v) is 4.22. The van der Waals surface area contributed by atoms with Crippen LogP contribution in [0.15, 0.2) is 54.6 Å². The first kappa shape index (κ1) is 17.9. The van der Waals surface area contributed by atoms with E-state index < -0.39 is 17.8 Å². The minimum atomic E-state index is -0.893. The second kappa shape index (κ2) is 7.54. The SMILES string of the molecule is C[C@H](Oc1ccc2ccccc2c1C=O)C(=O)Nc1ccc(F)cc1Cl. The summed E-state index contributed by atoms with van der Waals surface area (Å²) in [5.74, 6) is -0.654. The molecule has 4 nitrogen and oxygen atoms in total. The molecule has 132 valence electrons. The van der Waals surface area contributed by atoms with Crippen molar-refractivity contribution >= 4 is 40.3 Å². The van der Waals surface area contributed by atoms with E-state index in [1.807, 2.05) is 30.3 Å². The van der Waals surface area contributed by atoms with Gasteiger partial charge in [-0.3, -0.25) is 9.59 Å². The van der Waals surface area contributed by atoms with Crippen LogP contribution in [-0.4, -0.2) is 18.3 Å². The van der Waals surface area contributed by atoms with Crippen LogP contribution in [0, 0.1) is 5.82 Å². The van der Waals surface area contributed by atoms with Crippen LogP contribution in [-0.2, 0) is 4.79 Å². The molecule has 0 spiro atoms. The number of amides is 1. The standard InChI is InChI=1S/C20H15ClFNO3/c1-12(20(25)23-18-8-7-14(22)10-17(18)21)26-19-9-6-13-4-2-3-5-15(13)16(19)11-24/h2-12H,1H3,(H,23,25)/t12-/m0/s1. The minimum absolute atomic E-state index is 0.0878. The van der Waals surface area contributed by atoms with Gasteiger partial charge in [0.05, 0.1) is 16.3 Å². The highest BCUT2D eigenvalue weighted by atomic mass is 35.5. The van der Waals surface area contributed by atoms with Crippen molar-refractivity contribution in [3.8, 4) is 5.75 Å². The van der Waals surface area contributed by atoms with Gasteiger partial charge in [-0.2, -0.15) is 0 Å². The summed E-state index contributed by atoms with van der Waals surface area (Å²) in [6.07, 6.45) is -0.185. The second-order valence-corrected chi connectivity index (χ2v) is 6.10. The molecule has 0 fully saturated rings. The Balaban J connectivity index is 1.81. The fraction of sp³-hybridized carbons (Fsp3) is 0.100. The zero-order valence-corrected chi connectivity index (χ0v) is 14.6. The van der Waals surface area contributed by atoms with Gasteiger partial charge in [-0.1, -0.05) is 41.9 Å². The van der Waals surface area contributed by atoms with Gasteiger partial charge in [0.2, 0.25) is 0 Å². The predicted molar refractivity (Wildman–Crippen MR) is 99.5 cm³/mol. The lowest BCUT2D eigenvalue weighted by molar-refractivity contribution is -0.122. The smallest absolute Gasteiger partial charge is 0.265 e. The highest BCUT2D eigenvalue weighted by Crippen LogP contribution is 2.28. The Morgan fingerprint density at radius 1 is 1.19 bits per heavy atom. The molecule has 0 saturated carbocycles. The third-order valence-electron chi connectivity index (χ3n) is 3.91. The lowest BCUT2D eigenvalue weighted by Crippen LogP contribution is -2.30. The van der Waals surface area contributed by atoms with E-state index in [0.717, 1.165) is 16.8 Å². The monoisotopic (exact) mass is 371 g/mol. The molecule has 0 unspecified atom stereocenters. The van der Waals surface area contributed by atoms with Crippen molar-refractivity contribution in [2.45, 2.75) is 13.0 Å². The fourth-order valence-electron chi connectivity index (χ4n) is 2.57. The van der Waals surface area contributed by atoms with Crippen molar-refractivity contribution in [2.75, 3.05) is 5.32 Å². The van der Waals surface area contributed by atoms with Gasteiger partial charge < -0.3 is 10.1 Å². The number of carbonyl (C=O) groups excluding carboxylic acids is 2. The van der Waals surface area contributed by atoms with Gasteiger partial charge in [0.15, 0.2) is 12.4 Å². The molecule has 3 aromatic rings. The molecular weight excluding hydrogens is 357 g/mol. The Labute approximate surface area is 154 Å². The lowest BCUT2D eigenvalue weighted by Gasteiger charge is -2.17. The number of hydrogen-bond acceptors (Lipinski definition) is 3. The summed E-state index contributed by atoms with van der Waals surface area (Å²) in [4.78, 5) is 23.9. The van der Waals surface area contributed by atoms with Gasteiger partial charge in [0.25, 0.3) is 5.91 Å². The lowest BCUT2D eigenvalue weighted by atomic mass is 10.0. The molecule has 3 rings (SSSR count). The number of hydrogen-bond donors (Lipinski definition) is 1.